The maximum atomic E-state index is 13.1. The van der Waals surface area contributed by atoms with Crippen LogP contribution < -0.4 is 14.8 Å². The van der Waals surface area contributed by atoms with E-state index in [9.17, 15) is 23.1 Å². The molecule has 1 aliphatic rings. The summed E-state index contributed by atoms with van der Waals surface area (Å²) in [7, 11) is -2.82. The molecule has 8 nitrogen and oxygen atoms in total. The van der Waals surface area contributed by atoms with Gasteiger partial charge in [-0.3, -0.25) is 9.59 Å². The van der Waals surface area contributed by atoms with Crippen LogP contribution in [0.4, 0.5) is 0 Å². The van der Waals surface area contributed by atoms with Crippen molar-refractivity contribution in [1.82, 2.24) is 10.0 Å². The minimum absolute atomic E-state index is 0.0971. The van der Waals surface area contributed by atoms with Crippen LogP contribution in [-0.2, 0) is 19.6 Å². The minimum Gasteiger partial charge on any atom is -0.497 e. The van der Waals surface area contributed by atoms with Gasteiger partial charge in [-0.2, -0.15) is 0 Å². The lowest BCUT2D eigenvalue weighted by Crippen LogP contribution is -2.46. The van der Waals surface area contributed by atoms with Crippen LogP contribution in [0.5, 0.6) is 5.75 Å². The molecule has 32 heavy (non-hydrogen) atoms. The first-order valence-corrected chi connectivity index (χ1v) is 12.0. The second-order valence-electron chi connectivity index (χ2n) is 7.34. The number of hydrogen-bond acceptors (Lipinski definition) is 6. The summed E-state index contributed by atoms with van der Waals surface area (Å²) in [5.41, 5.74) is 0.293. The SMILES string of the molecule is COc1ccc([C@H](NS(=O)(=O)c2cc(Cl)cc(Cl)c2)[C@H](C(=O)O)C(=O)[C@@H]2CCCN2)cc1. The summed E-state index contributed by atoms with van der Waals surface area (Å²) in [6, 6.07) is 7.86. The summed E-state index contributed by atoms with van der Waals surface area (Å²) in [6.45, 7) is 0.586. The number of carbonyl (C=O) groups is 2. The number of methoxy groups -OCH3 is 1. The summed E-state index contributed by atoms with van der Waals surface area (Å²) < 4.78 is 33.8. The largest absolute Gasteiger partial charge is 0.497 e. The molecule has 0 bridgehead atoms. The second kappa shape index (κ2) is 10.2. The fraction of sp³-hybridized carbons (Fsp3) is 0.333. The number of carbonyl (C=O) groups excluding carboxylic acids is 1. The van der Waals surface area contributed by atoms with E-state index in [4.69, 9.17) is 27.9 Å². The van der Waals surface area contributed by atoms with E-state index in [1.54, 1.807) is 12.1 Å². The van der Waals surface area contributed by atoms with Crippen LogP contribution in [0.2, 0.25) is 10.0 Å². The van der Waals surface area contributed by atoms with Gasteiger partial charge in [-0.15, -0.1) is 0 Å². The molecular weight excluding hydrogens is 479 g/mol. The molecule has 0 aromatic heterocycles. The van der Waals surface area contributed by atoms with Crippen LogP contribution >= 0.6 is 23.2 Å². The highest BCUT2D eigenvalue weighted by atomic mass is 35.5. The maximum Gasteiger partial charge on any atom is 0.316 e. The van der Waals surface area contributed by atoms with Gasteiger partial charge < -0.3 is 15.2 Å². The van der Waals surface area contributed by atoms with E-state index < -0.39 is 39.8 Å². The third kappa shape index (κ3) is 5.60. The molecule has 2 aromatic rings. The first-order valence-electron chi connectivity index (χ1n) is 9.74. The lowest BCUT2D eigenvalue weighted by Gasteiger charge is -2.26. The molecule has 3 atom stereocenters. The molecule has 1 aliphatic heterocycles. The van der Waals surface area contributed by atoms with E-state index in [0.717, 1.165) is 6.42 Å². The molecule has 3 rings (SSSR count). The molecule has 3 N–H and O–H groups in total. The van der Waals surface area contributed by atoms with Gasteiger partial charge in [0, 0.05) is 10.0 Å². The Morgan fingerprint density at radius 2 is 1.78 bits per heavy atom. The van der Waals surface area contributed by atoms with Gasteiger partial charge in [0.25, 0.3) is 0 Å². The van der Waals surface area contributed by atoms with Crippen LogP contribution in [0.25, 0.3) is 0 Å². The lowest BCUT2D eigenvalue weighted by molar-refractivity contribution is -0.148. The minimum atomic E-state index is -4.29. The molecule has 11 heteroatoms. The van der Waals surface area contributed by atoms with Crippen molar-refractivity contribution in [2.24, 2.45) is 5.92 Å². The van der Waals surface area contributed by atoms with Gasteiger partial charge >= 0.3 is 5.97 Å². The van der Waals surface area contributed by atoms with Crippen molar-refractivity contribution in [3.8, 4) is 5.75 Å². The highest BCUT2D eigenvalue weighted by Gasteiger charge is 2.42. The Balaban J connectivity index is 2.06. The van der Waals surface area contributed by atoms with Gasteiger partial charge in [0.1, 0.15) is 11.7 Å². The van der Waals surface area contributed by atoms with Gasteiger partial charge in [-0.05, 0) is 55.3 Å². The Kier molecular flexibility index (Phi) is 7.79. The molecular formula is C21H22Cl2N2O6S. The number of carboxylic acid groups (broad SMARTS) is 1. The number of Topliss-reactive ketones (excluding diaryl/α,β-unsaturated/α-hetero) is 1. The van der Waals surface area contributed by atoms with Gasteiger partial charge in [0.2, 0.25) is 10.0 Å². The number of benzene rings is 2. The molecule has 172 valence electrons. The Labute approximate surface area is 195 Å². The smallest absolute Gasteiger partial charge is 0.316 e. The number of nitrogens with one attached hydrogen (secondary N) is 2. The van der Waals surface area contributed by atoms with Crippen molar-refractivity contribution >= 4 is 45.0 Å². The Hall–Kier alpha value is -2.17. The molecule has 1 heterocycles. The number of hydrogen-bond donors (Lipinski definition) is 3. The highest BCUT2D eigenvalue weighted by molar-refractivity contribution is 7.89. The van der Waals surface area contributed by atoms with Crippen molar-refractivity contribution in [3.63, 3.8) is 0 Å². The Morgan fingerprint density at radius 3 is 2.28 bits per heavy atom. The Morgan fingerprint density at radius 1 is 1.16 bits per heavy atom. The summed E-state index contributed by atoms with van der Waals surface area (Å²) in [5, 5.41) is 13.1. The standard InChI is InChI=1S/C21H22Cl2N2O6S/c1-31-15-6-4-12(5-7-15)19(18(21(27)28)20(26)17-3-2-8-24-17)25-32(29,30)16-10-13(22)9-14(23)11-16/h4-7,9-11,17-19,24-25H,2-3,8H2,1H3,(H,27,28)/t17-,18-,19-/m0/s1. The average Bonchev–Trinajstić information content (AvgIpc) is 3.27. The molecule has 0 spiro atoms. The first kappa shape index (κ1) is 24.5. The van der Waals surface area contributed by atoms with Crippen LogP contribution in [-0.4, -0.2) is 45.0 Å². The van der Waals surface area contributed by atoms with Crippen molar-refractivity contribution in [2.75, 3.05) is 13.7 Å². The maximum absolute atomic E-state index is 13.1. The highest BCUT2D eigenvalue weighted by Crippen LogP contribution is 2.31. The summed E-state index contributed by atoms with van der Waals surface area (Å²) >= 11 is 11.9. The molecule has 1 saturated heterocycles. The van der Waals surface area contributed by atoms with Gasteiger partial charge in [-0.25, -0.2) is 13.1 Å². The van der Waals surface area contributed by atoms with Gasteiger partial charge in [-0.1, -0.05) is 35.3 Å². The fourth-order valence-corrected chi connectivity index (χ4v) is 5.59. The fourth-order valence-electron chi connectivity index (χ4n) is 3.63. The molecule has 1 fully saturated rings. The zero-order chi connectivity index (χ0) is 23.5. The third-order valence-electron chi connectivity index (χ3n) is 5.21. The van der Waals surface area contributed by atoms with Crippen LogP contribution in [0.1, 0.15) is 24.4 Å². The molecule has 2 aromatic carbocycles. The molecule has 0 amide bonds. The quantitative estimate of drug-likeness (QED) is 0.452. The van der Waals surface area contributed by atoms with Crippen LogP contribution in [0, 0.1) is 5.92 Å². The predicted octanol–water partition coefficient (Wildman–Crippen LogP) is 3.04. The van der Waals surface area contributed by atoms with E-state index in [0.29, 0.717) is 24.3 Å². The summed E-state index contributed by atoms with van der Waals surface area (Å²) in [4.78, 5) is 25.1. The van der Waals surface area contributed by atoms with E-state index in [1.165, 1.54) is 37.4 Å². The monoisotopic (exact) mass is 500 g/mol. The predicted molar refractivity (Wildman–Crippen MR) is 120 cm³/mol. The van der Waals surface area contributed by atoms with E-state index in [2.05, 4.69) is 10.0 Å². The van der Waals surface area contributed by atoms with E-state index in [-0.39, 0.29) is 14.9 Å². The van der Waals surface area contributed by atoms with Gasteiger partial charge in [0.05, 0.1) is 24.1 Å². The third-order valence-corrected chi connectivity index (χ3v) is 7.07. The average molecular weight is 501 g/mol. The number of ether oxygens (including phenoxy) is 1. The van der Waals surface area contributed by atoms with Crippen molar-refractivity contribution in [3.05, 3.63) is 58.1 Å². The number of sulfonamides is 1. The van der Waals surface area contributed by atoms with Crippen LogP contribution in [0.3, 0.4) is 0 Å². The second-order valence-corrected chi connectivity index (χ2v) is 9.93. The summed E-state index contributed by atoms with van der Waals surface area (Å²) in [5.74, 6) is -3.20. The van der Waals surface area contributed by atoms with Crippen molar-refractivity contribution in [1.29, 1.82) is 0 Å². The lowest BCUT2D eigenvalue weighted by atomic mass is 9.86. The Bertz CT molecular complexity index is 1080. The topological polar surface area (TPSA) is 122 Å². The summed E-state index contributed by atoms with van der Waals surface area (Å²) in [6.07, 6.45) is 1.21. The zero-order valence-electron chi connectivity index (χ0n) is 17.0. The van der Waals surface area contributed by atoms with Crippen molar-refractivity contribution in [2.45, 2.75) is 29.8 Å². The molecule has 0 unspecified atom stereocenters. The zero-order valence-corrected chi connectivity index (χ0v) is 19.4. The normalized spacial score (nSPS) is 18.2. The van der Waals surface area contributed by atoms with Crippen LogP contribution in [0.15, 0.2) is 47.4 Å². The number of halogens is 2. The van der Waals surface area contributed by atoms with E-state index in [1.807, 2.05) is 0 Å². The van der Waals surface area contributed by atoms with Crippen molar-refractivity contribution < 1.29 is 27.9 Å². The molecule has 0 saturated carbocycles. The number of ketones is 1. The van der Waals surface area contributed by atoms with E-state index >= 15 is 0 Å². The number of carboxylic acids is 1. The molecule has 0 aliphatic carbocycles. The molecule has 0 radical (unpaired) electrons. The first-order chi connectivity index (χ1) is 15.1. The number of aliphatic carboxylic acids is 1. The number of rotatable bonds is 9. The van der Waals surface area contributed by atoms with Gasteiger partial charge in [0.15, 0.2) is 5.78 Å².